The van der Waals surface area contributed by atoms with E-state index in [0.717, 1.165) is 102 Å². The number of rotatable bonds is 9. The van der Waals surface area contributed by atoms with Crippen LogP contribution in [0, 0.1) is 76.6 Å². The molecule has 0 spiro atoms. The first-order valence-electron chi connectivity index (χ1n) is 30.4. The summed E-state index contributed by atoms with van der Waals surface area (Å²) in [5, 5.41) is 73.8. The third-order valence-corrected chi connectivity index (χ3v) is 12.2. The number of hydrogen-bond acceptors (Lipinski definition) is 29. The fourth-order valence-electron chi connectivity index (χ4n) is 8.14. The Morgan fingerprint density at radius 2 is 0.360 bits per heavy atom. The number of nitrogens with zero attached hydrogens (tertiary/aromatic N) is 19. The van der Waals surface area contributed by atoms with Crippen molar-refractivity contribution < 1.29 is 112 Å². The van der Waals surface area contributed by atoms with E-state index in [1.54, 1.807) is 74.4 Å². The van der Waals surface area contributed by atoms with Gasteiger partial charge in [-0.15, -0.1) is 0 Å². The van der Waals surface area contributed by atoms with Gasteiger partial charge in [0, 0.05) is 86.8 Å². The minimum atomic E-state index is -10.7. The minimum Gasteiger partial charge on any atom is -0.356 e. The second kappa shape index (κ2) is 51.5. The van der Waals surface area contributed by atoms with Crippen molar-refractivity contribution in [3.8, 4) is 102 Å². The summed E-state index contributed by atoms with van der Waals surface area (Å²) in [7, 11) is -10.7. The summed E-state index contributed by atoms with van der Waals surface area (Å²) < 4.78 is 59.2. The summed E-state index contributed by atoms with van der Waals surface area (Å²) in [5.74, 6) is 0. The van der Waals surface area contributed by atoms with Crippen LogP contribution in [0.25, 0.3) is 102 Å². The molecule has 44 heteroatoms. The van der Waals surface area contributed by atoms with E-state index in [4.69, 9.17) is 76.6 Å². The predicted molar refractivity (Wildman–Crippen MR) is 396 cm³/mol. The van der Waals surface area contributed by atoms with Crippen molar-refractivity contribution >= 4 is 7.81 Å². The van der Waals surface area contributed by atoms with Gasteiger partial charge in [0.25, 0.3) is 0 Å². The normalized spacial score (nSPS) is 9.95. The molecular weight excluding hydrogens is 1980 g/mol. The van der Waals surface area contributed by atoms with Crippen LogP contribution in [-0.4, -0.2) is 95.2 Å². The van der Waals surface area contributed by atoms with Crippen LogP contribution in [0.15, 0.2) is 317 Å². The number of aromatic nitrogens is 14. The molecule has 34 nitrogen and oxygen atoms in total. The molecule has 0 fully saturated rings. The minimum absolute atomic E-state index is 0. The quantitative estimate of drug-likeness (QED) is 0.0426. The maximum Gasteiger partial charge on any atom is 2.00 e. The molecule has 592 valence electrons. The second-order valence-electron chi connectivity index (χ2n) is 19.9. The summed E-state index contributed by atoms with van der Waals surface area (Å²) in [6, 6.07) is 74.2. The van der Waals surface area contributed by atoms with Crippen molar-refractivity contribution in [2.75, 3.05) is 0 Å². The van der Waals surface area contributed by atoms with Gasteiger partial charge in [-0.3, -0.25) is 59.8 Å². The molecule has 0 aromatic carbocycles. The van der Waals surface area contributed by atoms with Gasteiger partial charge in [0.05, 0.1) is 105 Å². The Morgan fingerprint density at radius 3 is 0.526 bits per heavy atom. The van der Waals surface area contributed by atoms with Crippen LogP contribution in [0.5, 0.6) is 0 Å². The first-order valence-corrected chi connectivity index (χ1v) is 32.5. The molecule has 0 bridgehead atoms. The Labute approximate surface area is 681 Å². The zero-order valence-corrected chi connectivity index (χ0v) is 64.5. The zero-order chi connectivity index (χ0) is 81.4. The standard InChI is InChI=1S/C20H14N4.2C15H11N3.2C10H8N2.F6P.5NO3.2Pt.Ru/c1-7-21-8-2-15(1)17-5-11-23-19(13-17)20-14-18(6-12-24-20)16-3-9-22-10-4-16;2*1-3-10-16-12(6-1)14-8-5-9-15(18-14)13-7-2-4-11-17-13;2*1-3-7-11-9(5-1)10-6-2-4-8-12-10;1-7(2,3,4,5)6;5*2-1(3)4;;;/h1-14H;2*1-11H;2*1-8H;;;;;;;;;/q;;;;;6*-1;3*+2. The van der Waals surface area contributed by atoms with Gasteiger partial charge in [-0.05, 0) is 192 Å². The van der Waals surface area contributed by atoms with Gasteiger partial charge in [-0.25, -0.2) is 9.97 Å². The van der Waals surface area contributed by atoms with Crippen LogP contribution in [0.3, 0.4) is 0 Å². The summed E-state index contributed by atoms with van der Waals surface area (Å²) in [5.41, 5.74) is 16.7. The van der Waals surface area contributed by atoms with Crippen LogP contribution < -0.4 is 0 Å². The molecule has 0 saturated carbocycles. The van der Waals surface area contributed by atoms with E-state index in [9.17, 15) is 25.2 Å². The fourth-order valence-corrected chi connectivity index (χ4v) is 8.14. The van der Waals surface area contributed by atoms with E-state index >= 15 is 0 Å². The van der Waals surface area contributed by atoms with Crippen molar-refractivity contribution in [1.82, 2.24) is 69.8 Å². The van der Waals surface area contributed by atoms with Gasteiger partial charge in [0.2, 0.25) is 0 Å². The first-order chi connectivity index (χ1) is 52.8. The van der Waals surface area contributed by atoms with E-state index in [-0.39, 0.29) is 61.6 Å². The molecule has 0 unspecified atom stereocenters. The van der Waals surface area contributed by atoms with Crippen LogP contribution in [0.2, 0.25) is 0 Å². The molecule has 0 radical (unpaired) electrons. The average Bonchev–Trinajstić information content (AvgIpc) is 0.785. The van der Waals surface area contributed by atoms with Gasteiger partial charge in [-0.2, -0.15) is 0 Å². The number of pyridine rings is 14. The first kappa shape index (κ1) is 98.1. The molecule has 14 rings (SSSR count). The summed E-state index contributed by atoms with van der Waals surface area (Å²) in [6.45, 7) is 0. The Kier molecular flexibility index (Phi) is 44.3. The molecule has 0 saturated heterocycles. The molecule has 0 amide bonds. The average molecular weight is 2040 g/mol. The van der Waals surface area contributed by atoms with E-state index in [1.807, 2.05) is 243 Å². The van der Waals surface area contributed by atoms with Crippen molar-refractivity contribution in [1.29, 1.82) is 0 Å². The van der Waals surface area contributed by atoms with Crippen molar-refractivity contribution in [2.24, 2.45) is 0 Å². The molecule has 0 N–H and O–H groups in total. The third-order valence-electron chi connectivity index (χ3n) is 12.2. The van der Waals surface area contributed by atoms with Crippen molar-refractivity contribution in [3.63, 3.8) is 0 Å². The monoisotopic (exact) mass is 2040 g/mol. The van der Waals surface area contributed by atoms with Gasteiger partial charge < -0.3 is 76.6 Å². The molecule has 0 aliphatic heterocycles. The molecule has 114 heavy (non-hydrogen) atoms. The fraction of sp³-hybridized carbons (Fsp3) is 0. The number of halogens is 6. The second-order valence-corrected chi connectivity index (χ2v) is 21.9. The molecule has 14 aromatic rings. The van der Waals surface area contributed by atoms with E-state index in [0.29, 0.717) is 0 Å². The van der Waals surface area contributed by atoms with E-state index in [1.165, 1.54) is 0 Å². The van der Waals surface area contributed by atoms with Gasteiger partial charge in [0.15, 0.2) is 0 Å². The van der Waals surface area contributed by atoms with Crippen LogP contribution >= 0.6 is 7.81 Å². The molecule has 0 aliphatic carbocycles. The van der Waals surface area contributed by atoms with Crippen LogP contribution in [0.1, 0.15) is 0 Å². The summed E-state index contributed by atoms with van der Waals surface area (Å²) in [4.78, 5) is 101. The maximum atomic E-state index is 9.87. The molecule has 0 aliphatic rings. The third kappa shape index (κ3) is 45.8. The van der Waals surface area contributed by atoms with Crippen LogP contribution in [-0.2, 0) is 61.6 Å². The Morgan fingerprint density at radius 1 is 0.211 bits per heavy atom. The smallest absolute Gasteiger partial charge is 0.356 e. The largest absolute Gasteiger partial charge is 2.00 e. The predicted octanol–water partition coefficient (Wildman–Crippen LogP) is 17.1. The molecule has 0 atom stereocenters. The van der Waals surface area contributed by atoms with Crippen molar-refractivity contribution in [3.05, 3.63) is 394 Å². The topological polar surface area (TPSA) is 511 Å². The Balaban J connectivity index is 0.000000663. The summed E-state index contributed by atoms with van der Waals surface area (Å²) in [6.07, 6.45) is 24.9. The SMILES string of the molecule is F[P-](F)(F)(F)(F)F.O=[N+]([O-])[O-].O=[N+]([O-])[O-].O=[N+]([O-])[O-].O=[N+]([O-])[O-].O=[N+]([O-])[O-].[Pt+2].[Pt+2].[Ru+2].c1cc(-c2ccnc(-c3cc(-c4ccncc4)ccn3)c2)ccn1.c1ccc(-c2cccc(-c3ccccn3)n2)nc1.c1ccc(-c2cccc(-c3ccccn3)n2)nc1.c1ccc(-c2ccccn2)nc1.c1ccc(-c2ccccn2)nc1. The van der Waals surface area contributed by atoms with E-state index in [2.05, 4.69) is 69.8 Å². The van der Waals surface area contributed by atoms with E-state index < -0.39 is 33.2 Å². The van der Waals surface area contributed by atoms with Gasteiger partial charge in [0.1, 0.15) is 0 Å². The Hall–Kier alpha value is -13.9. The number of hydrogen-bond donors (Lipinski definition) is 0. The van der Waals surface area contributed by atoms with Crippen molar-refractivity contribution in [2.45, 2.75) is 0 Å². The van der Waals surface area contributed by atoms with Crippen LogP contribution in [0.4, 0.5) is 25.2 Å². The zero-order valence-electron chi connectivity index (χ0n) is 57.3. The Bertz CT molecular complexity index is 4530. The molecule has 14 heterocycles. The maximum absolute atomic E-state index is 10.7. The molecular formula is C70H52F6N19O15PPt2Ru. The van der Waals surface area contributed by atoms with Gasteiger partial charge >= 0.3 is 94.6 Å². The molecule has 14 aromatic heterocycles. The van der Waals surface area contributed by atoms with Gasteiger partial charge in [-0.1, -0.05) is 60.7 Å². The summed E-state index contributed by atoms with van der Waals surface area (Å²) >= 11 is 0.